The van der Waals surface area contributed by atoms with Crippen molar-refractivity contribution in [2.75, 3.05) is 45.8 Å². The molecule has 1 heterocycles. The molecule has 0 bridgehead atoms. The summed E-state index contributed by atoms with van der Waals surface area (Å²) < 4.78 is 37.1. The van der Waals surface area contributed by atoms with Crippen LogP contribution in [0, 0.1) is 0 Å². The van der Waals surface area contributed by atoms with E-state index in [1.807, 2.05) is 0 Å². The van der Waals surface area contributed by atoms with Gasteiger partial charge in [-0.25, -0.2) is 8.42 Å². The molecular formula is C15H23N3O4S2. The molecule has 1 saturated heterocycles. The number of hydrogen-bond donors (Lipinski definition) is 2. The minimum absolute atomic E-state index is 0.229. The van der Waals surface area contributed by atoms with Gasteiger partial charge in [0.1, 0.15) is 5.75 Å². The molecule has 1 aliphatic heterocycles. The van der Waals surface area contributed by atoms with Gasteiger partial charge >= 0.3 is 0 Å². The topological polar surface area (TPSA) is 79.9 Å². The summed E-state index contributed by atoms with van der Waals surface area (Å²) in [6.45, 7) is 2.20. The van der Waals surface area contributed by atoms with Gasteiger partial charge in [0.25, 0.3) is 0 Å². The SMILES string of the molecule is COCCNC(=S)Nc1cc(S(=O)(=O)N2CCCC2)ccc1OC. The van der Waals surface area contributed by atoms with Crippen LogP contribution in [0.1, 0.15) is 12.8 Å². The largest absolute Gasteiger partial charge is 0.495 e. The van der Waals surface area contributed by atoms with Crippen molar-refractivity contribution in [2.24, 2.45) is 0 Å². The minimum atomic E-state index is -3.49. The molecule has 2 N–H and O–H groups in total. The van der Waals surface area contributed by atoms with E-state index in [2.05, 4.69) is 10.6 Å². The Morgan fingerprint density at radius 1 is 1.29 bits per heavy atom. The molecule has 0 aliphatic carbocycles. The van der Waals surface area contributed by atoms with Gasteiger partial charge in [0.05, 0.1) is 24.3 Å². The number of hydrogen-bond acceptors (Lipinski definition) is 5. The van der Waals surface area contributed by atoms with Gasteiger partial charge in [-0.3, -0.25) is 0 Å². The van der Waals surface area contributed by atoms with Crippen molar-refractivity contribution < 1.29 is 17.9 Å². The van der Waals surface area contributed by atoms with E-state index in [0.29, 0.717) is 42.8 Å². The maximum Gasteiger partial charge on any atom is 0.243 e. The van der Waals surface area contributed by atoms with Gasteiger partial charge in [0.2, 0.25) is 10.0 Å². The first-order valence-electron chi connectivity index (χ1n) is 7.71. The lowest BCUT2D eigenvalue weighted by Gasteiger charge is -2.18. The number of methoxy groups -OCH3 is 2. The van der Waals surface area contributed by atoms with Gasteiger partial charge < -0.3 is 20.1 Å². The maximum absolute atomic E-state index is 12.7. The Morgan fingerprint density at radius 2 is 2.00 bits per heavy atom. The van der Waals surface area contributed by atoms with Crippen LogP contribution in [-0.2, 0) is 14.8 Å². The zero-order valence-corrected chi connectivity index (χ0v) is 15.5. The van der Waals surface area contributed by atoms with Crippen LogP contribution in [0.15, 0.2) is 23.1 Å². The second-order valence-corrected chi connectivity index (χ2v) is 7.69. The van der Waals surface area contributed by atoms with Gasteiger partial charge in [0, 0.05) is 26.7 Å². The Hall–Kier alpha value is -1.42. The summed E-state index contributed by atoms with van der Waals surface area (Å²) >= 11 is 5.21. The minimum Gasteiger partial charge on any atom is -0.495 e. The molecular weight excluding hydrogens is 350 g/mol. The summed E-state index contributed by atoms with van der Waals surface area (Å²) in [6.07, 6.45) is 1.79. The van der Waals surface area contributed by atoms with Gasteiger partial charge in [-0.1, -0.05) is 0 Å². The highest BCUT2D eigenvalue weighted by Gasteiger charge is 2.27. The molecule has 1 fully saturated rings. The Bertz CT molecular complexity index is 673. The zero-order valence-electron chi connectivity index (χ0n) is 13.9. The summed E-state index contributed by atoms with van der Waals surface area (Å²) in [5.41, 5.74) is 0.507. The van der Waals surface area contributed by atoms with E-state index in [-0.39, 0.29) is 4.90 Å². The third kappa shape index (κ3) is 4.56. The zero-order chi connectivity index (χ0) is 17.6. The van der Waals surface area contributed by atoms with E-state index in [9.17, 15) is 8.42 Å². The van der Waals surface area contributed by atoms with Crippen LogP contribution >= 0.6 is 12.2 Å². The molecule has 2 rings (SSSR count). The van der Waals surface area contributed by atoms with Crippen LogP contribution < -0.4 is 15.4 Å². The highest BCUT2D eigenvalue weighted by atomic mass is 32.2. The average molecular weight is 374 g/mol. The number of anilines is 1. The molecule has 0 unspecified atom stereocenters. The summed E-state index contributed by atoms with van der Waals surface area (Å²) in [6, 6.07) is 4.74. The van der Waals surface area contributed by atoms with Crippen LogP contribution in [0.25, 0.3) is 0 Å². The first kappa shape index (κ1) is 18.9. The van der Waals surface area contributed by atoms with Crippen molar-refractivity contribution in [3.63, 3.8) is 0 Å². The van der Waals surface area contributed by atoms with Gasteiger partial charge in [-0.2, -0.15) is 4.31 Å². The van der Waals surface area contributed by atoms with Crippen LogP contribution in [0.5, 0.6) is 5.75 Å². The Labute approximate surface area is 148 Å². The van der Waals surface area contributed by atoms with Crippen molar-refractivity contribution in [3.8, 4) is 5.75 Å². The van der Waals surface area contributed by atoms with E-state index in [1.165, 1.54) is 11.4 Å². The monoisotopic (exact) mass is 373 g/mol. The average Bonchev–Trinajstić information content (AvgIpc) is 3.10. The van der Waals surface area contributed by atoms with Crippen LogP contribution in [0.2, 0.25) is 0 Å². The maximum atomic E-state index is 12.7. The number of benzene rings is 1. The molecule has 0 spiro atoms. The van der Waals surface area contributed by atoms with E-state index < -0.39 is 10.0 Å². The predicted octanol–water partition coefficient (Wildman–Crippen LogP) is 1.41. The predicted molar refractivity (Wildman–Crippen MR) is 97.1 cm³/mol. The molecule has 9 heteroatoms. The number of rotatable bonds is 7. The number of sulfonamides is 1. The molecule has 134 valence electrons. The van der Waals surface area contributed by atoms with Crippen molar-refractivity contribution in [1.29, 1.82) is 0 Å². The number of ether oxygens (including phenoxy) is 2. The number of nitrogens with one attached hydrogen (secondary N) is 2. The number of thiocarbonyl (C=S) groups is 1. The molecule has 0 atom stereocenters. The second-order valence-electron chi connectivity index (χ2n) is 5.35. The lowest BCUT2D eigenvalue weighted by atomic mass is 10.3. The molecule has 7 nitrogen and oxygen atoms in total. The molecule has 1 aliphatic rings. The van der Waals surface area contributed by atoms with Gasteiger partial charge in [0.15, 0.2) is 5.11 Å². The Kier molecular flexibility index (Phi) is 6.79. The molecule has 0 radical (unpaired) electrons. The molecule has 0 saturated carbocycles. The molecule has 0 amide bonds. The molecule has 1 aromatic rings. The normalized spacial score (nSPS) is 15.2. The summed E-state index contributed by atoms with van der Waals surface area (Å²) in [4.78, 5) is 0.229. The van der Waals surface area contributed by atoms with E-state index in [0.717, 1.165) is 12.8 Å². The van der Waals surface area contributed by atoms with Crippen LogP contribution in [0.4, 0.5) is 5.69 Å². The van der Waals surface area contributed by atoms with Crippen molar-refractivity contribution in [3.05, 3.63) is 18.2 Å². The molecule has 24 heavy (non-hydrogen) atoms. The highest BCUT2D eigenvalue weighted by molar-refractivity contribution is 7.89. The molecule has 1 aromatic carbocycles. The van der Waals surface area contributed by atoms with Crippen molar-refractivity contribution >= 4 is 33.0 Å². The van der Waals surface area contributed by atoms with E-state index in [4.69, 9.17) is 21.7 Å². The summed E-state index contributed by atoms with van der Waals surface area (Å²) in [5, 5.41) is 6.33. The first-order valence-corrected chi connectivity index (χ1v) is 9.56. The lowest BCUT2D eigenvalue weighted by Crippen LogP contribution is -2.31. The standard InChI is InChI=1S/C15H23N3O4S2/c1-21-10-7-16-15(23)17-13-11-12(5-6-14(13)22-2)24(19,20)18-8-3-4-9-18/h5-6,11H,3-4,7-10H2,1-2H3,(H2,16,17,23). The van der Waals surface area contributed by atoms with E-state index >= 15 is 0 Å². The van der Waals surface area contributed by atoms with Crippen LogP contribution in [-0.4, -0.2) is 58.3 Å². The fraction of sp³-hybridized carbons (Fsp3) is 0.533. The Morgan fingerprint density at radius 3 is 2.62 bits per heavy atom. The lowest BCUT2D eigenvalue weighted by molar-refractivity contribution is 0.204. The van der Waals surface area contributed by atoms with Crippen molar-refractivity contribution in [2.45, 2.75) is 17.7 Å². The fourth-order valence-electron chi connectivity index (χ4n) is 2.46. The third-order valence-corrected chi connectivity index (χ3v) is 5.85. The molecule has 0 aromatic heterocycles. The smallest absolute Gasteiger partial charge is 0.243 e. The van der Waals surface area contributed by atoms with Gasteiger partial charge in [-0.15, -0.1) is 0 Å². The fourth-order valence-corrected chi connectivity index (χ4v) is 4.21. The second kappa shape index (κ2) is 8.61. The van der Waals surface area contributed by atoms with Crippen LogP contribution in [0.3, 0.4) is 0 Å². The third-order valence-electron chi connectivity index (χ3n) is 3.71. The first-order chi connectivity index (χ1) is 11.5. The Balaban J connectivity index is 2.19. The highest BCUT2D eigenvalue weighted by Crippen LogP contribution is 2.30. The quantitative estimate of drug-likeness (QED) is 0.553. The summed E-state index contributed by atoms with van der Waals surface area (Å²) in [5.74, 6) is 0.520. The van der Waals surface area contributed by atoms with Crippen molar-refractivity contribution in [1.82, 2.24) is 9.62 Å². The number of nitrogens with zero attached hydrogens (tertiary/aromatic N) is 1. The van der Waals surface area contributed by atoms with E-state index in [1.54, 1.807) is 25.3 Å². The van der Waals surface area contributed by atoms with Gasteiger partial charge in [-0.05, 0) is 43.3 Å². The summed E-state index contributed by atoms with van der Waals surface area (Å²) in [7, 11) is -0.359.